The van der Waals surface area contributed by atoms with Gasteiger partial charge in [-0.2, -0.15) is 0 Å². The zero-order valence-corrected chi connectivity index (χ0v) is 11.8. The maximum Gasteiger partial charge on any atom is 0.221 e. The second kappa shape index (κ2) is 4.84. The van der Waals surface area contributed by atoms with Gasteiger partial charge in [0.15, 0.2) is 5.78 Å². The van der Waals surface area contributed by atoms with E-state index in [0.717, 1.165) is 5.56 Å². The van der Waals surface area contributed by atoms with Crippen molar-refractivity contribution in [3.05, 3.63) is 84.4 Å². The molecule has 0 saturated carbocycles. The minimum atomic E-state index is -0.886. The largest absolute Gasteiger partial charge is 0.462 e. The number of ether oxygens (including phenoxy) is 1. The predicted molar refractivity (Wildman–Crippen MR) is 81.8 cm³/mol. The lowest BCUT2D eigenvalue weighted by Crippen LogP contribution is -2.45. The highest BCUT2D eigenvalue weighted by Crippen LogP contribution is 2.40. The van der Waals surface area contributed by atoms with Crippen molar-refractivity contribution in [1.82, 2.24) is 9.55 Å². The molecule has 3 aromatic rings. The van der Waals surface area contributed by atoms with Gasteiger partial charge in [-0.3, -0.25) is 9.36 Å². The maximum absolute atomic E-state index is 12.7. The molecule has 0 amide bonds. The molecule has 1 atom stereocenters. The van der Waals surface area contributed by atoms with E-state index in [4.69, 9.17) is 4.74 Å². The van der Waals surface area contributed by atoms with Gasteiger partial charge in [0.05, 0.1) is 18.3 Å². The molecule has 22 heavy (non-hydrogen) atoms. The minimum absolute atomic E-state index is 0.0689. The van der Waals surface area contributed by atoms with Crippen LogP contribution >= 0.6 is 0 Å². The van der Waals surface area contributed by atoms with Gasteiger partial charge in [-0.1, -0.05) is 42.5 Å². The lowest BCUT2D eigenvalue weighted by atomic mass is 9.90. The number of ketones is 1. The van der Waals surface area contributed by atoms with Crippen molar-refractivity contribution < 1.29 is 9.53 Å². The highest BCUT2D eigenvalue weighted by molar-refractivity contribution is 6.00. The fourth-order valence-corrected chi connectivity index (χ4v) is 2.94. The SMILES string of the molecule is O=C1CC(c2ccccc2)(n2ccnc2)Oc2ccccc21. The number of rotatable bonds is 2. The molecule has 0 radical (unpaired) electrons. The highest BCUT2D eigenvalue weighted by atomic mass is 16.5. The van der Waals surface area contributed by atoms with E-state index >= 15 is 0 Å². The van der Waals surface area contributed by atoms with E-state index < -0.39 is 5.72 Å². The summed E-state index contributed by atoms with van der Waals surface area (Å²) in [5, 5.41) is 0. The number of carbonyl (C=O) groups is 1. The van der Waals surface area contributed by atoms with E-state index in [2.05, 4.69) is 4.98 Å². The Bertz CT molecular complexity index is 812. The Labute approximate surface area is 128 Å². The van der Waals surface area contributed by atoms with Crippen LogP contribution in [0.2, 0.25) is 0 Å². The van der Waals surface area contributed by atoms with Crippen LogP contribution in [0.5, 0.6) is 5.75 Å². The smallest absolute Gasteiger partial charge is 0.221 e. The summed E-state index contributed by atoms with van der Waals surface area (Å²) in [6.45, 7) is 0. The van der Waals surface area contributed by atoms with E-state index in [1.807, 2.05) is 59.3 Å². The van der Waals surface area contributed by atoms with E-state index in [1.165, 1.54) is 0 Å². The van der Waals surface area contributed by atoms with Crippen LogP contribution in [0.4, 0.5) is 0 Å². The van der Waals surface area contributed by atoms with Crippen molar-refractivity contribution >= 4 is 5.78 Å². The van der Waals surface area contributed by atoms with Crippen LogP contribution in [0.15, 0.2) is 73.3 Å². The number of imidazole rings is 1. The van der Waals surface area contributed by atoms with Gasteiger partial charge in [-0.25, -0.2) is 4.98 Å². The molecule has 1 unspecified atom stereocenters. The third-order valence-corrected chi connectivity index (χ3v) is 4.01. The Hall–Kier alpha value is -2.88. The number of nitrogens with zero attached hydrogens (tertiary/aromatic N) is 2. The van der Waals surface area contributed by atoms with Crippen molar-refractivity contribution in [3.63, 3.8) is 0 Å². The molecule has 4 heteroatoms. The molecular weight excluding hydrogens is 276 g/mol. The van der Waals surface area contributed by atoms with Gasteiger partial charge in [0.2, 0.25) is 5.72 Å². The molecule has 1 aliphatic rings. The van der Waals surface area contributed by atoms with Gasteiger partial charge >= 0.3 is 0 Å². The van der Waals surface area contributed by atoms with Crippen LogP contribution in [0.3, 0.4) is 0 Å². The molecule has 0 saturated heterocycles. The Morgan fingerprint density at radius 3 is 2.59 bits per heavy atom. The maximum atomic E-state index is 12.7. The molecule has 1 aromatic heterocycles. The molecule has 0 bridgehead atoms. The quantitative estimate of drug-likeness (QED) is 0.727. The van der Waals surface area contributed by atoms with Gasteiger partial charge < -0.3 is 4.74 Å². The number of Topliss-reactive ketones (excluding diaryl/α,β-unsaturated/α-hetero) is 1. The summed E-state index contributed by atoms with van der Waals surface area (Å²) in [6, 6.07) is 17.2. The molecule has 108 valence electrons. The first-order valence-corrected chi connectivity index (χ1v) is 7.15. The molecule has 0 fully saturated rings. The van der Waals surface area contributed by atoms with Gasteiger partial charge in [-0.05, 0) is 12.1 Å². The monoisotopic (exact) mass is 290 g/mol. The van der Waals surface area contributed by atoms with Crippen LogP contribution in [0.25, 0.3) is 0 Å². The third kappa shape index (κ3) is 1.84. The van der Waals surface area contributed by atoms with Gasteiger partial charge in [0.25, 0.3) is 0 Å². The molecule has 1 aliphatic heterocycles. The summed E-state index contributed by atoms with van der Waals surface area (Å²) in [7, 11) is 0. The van der Waals surface area contributed by atoms with Crippen molar-refractivity contribution in [2.45, 2.75) is 12.1 Å². The van der Waals surface area contributed by atoms with Gasteiger partial charge in [0, 0.05) is 18.0 Å². The zero-order chi connectivity index (χ0) is 15.0. The number of fused-ring (bicyclic) bond motifs is 1. The van der Waals surface area contributed by atoms with Crippen LogP contribution in [-0.4, -0.2) is 15.3 Å². The minimum Gasteiger partial charge on any atom is -0.462 e. The van der Waals surface area contributed by atoms with Gasteiger partial charge in [-0.15, -0.1) is 0 Å². The Balaban J connectivity index is 1.93. The number of benzene rings is 2. The summed E-state index contributed by atoms with van der Waals surface area (Å²) < 4.78 is 8.18. The molecule has 4 nitrogen and oxygen atoms in total. The first-order valence-electron chi connectivity index (χ1n) is 7.15. The lowest BCUT2D eigenvalue weighted by molar-refractivity contribution is 0.0150. The number of para-hydroxylation sites is 1. The van der Waals surface area contributed by atoms with Crippen LogP contribution in [0, 0.1) is 0 Å². The van der Waals surface area contributed by atoms with Crippen molar-refractivity contribution in [1.29, 1.82) is 0 Å². The number of hydrogen-bond acceptors (Lipinski definition) is 3. The van der Waals surface area contributed by atoms with E-state index in [-0.39, 0.29) is 12.2 Å². The molecule has 0 N–H and O–H groups in total. The second-order valence-electron chi connectivity index (χ2n) is 5.32. The first-order chi connectivity index (χ1) is 10.8. The molecule has 0 aliphatic carbocycles. The molecule has 4 rings (SSSR count). The fourth-order valence-electron chi connectivity index (χ4n) is 2.94. The Kier molecular flexibility index (Phi) is 2.82. The summed E-state index contributed by atoms with van der Waals surface area (Å²) >= 11 is 0. The van der Waals surface area contributed by atoms with E-state index in [9.17, 15) is 4.79 Å². The highest BCUT2D eigenvalue weighted by Gasteiger charge is 2.43. The standard InChI is InChI=1S/C18H14N2O2/c21-16-12-18(20-11-10-19-13-20,14-6-2-1-3-7-14)22-17-9-5-4-8-15(16)17/h1-11,13H,12H2. The zero-order valence-electron chi connectivity index (χ0n) is 11.8. The molecular formula is C18H14N2O2. The van der Waals surface area contributed by atoms with Gasteiger partial charge in [0.1, 0.15) is 5.75 Å². The number of aromatic nitrogens is 2. The Morgan fingerprint density at radius 2 is 1.82 bits per heavy atom. The summed E-state index contributed by atoms with van der Waals surface area (Å²) in [6.07, 6.45) is 5.45. The fraction of sp³-hybridized carbons (Fsp3) is 0.111. The van der Waals surface area contributed by atoms with Crippen molar-refractivity contribution in [3.8, 4) is 5.75 Å². The van der Waals surface area contributed by atoms with Crippen LogP contribution < -0.4 is 4.74 Å². The van der Waals surface area contributed by atoms with Crippen molar-refractivity contribution in [2.75, 3.05) is 0 Å². The van der Waals surface area contributed by atoms with Crippen molar-refractivity contribution in [2.24, 2.45) is 0 Å². The summed E-state index contributed by atoms with van der Waals surface area (Å²) in [5.41, 5.74) is 0.674. The topological polar surface area (TPSA) is 44.1 Å². The van der Waals surface area contributed by atoms with E-state index in [1.54, 1.807) is 18.6 Å². The first kappa shape index (κ1) is 12.8. The molecule has 2 aromatic carbocycles. The average Bonchev–Trinajstić information content (AvgIpc) is 3.10. The molecule has 0 spiro atoms. The van der Waals surface area contributed by atoms with Crippen LogP contribution in [0.1, 0.15) is 22.3 Å². The normalized spacial score (nSPS) is 20.3. The number of hydrogen-bond donors (Lipinski definition) is 0. The Morgan fingerprint density at radius 1 is 1.05 bits per heavy atom. The third-order valence-electron chi connectivity index (χ3n) is 4.01. The summed E-state index contributed by atoms with van der Waals surface area (Å²) in [5.74, 6) is 0.677. The average molecular weight is 290 g/mol. The summed E-state index contributed by atoms with van der Waals surface area (Å²) in [4.78, 5) is 16.8. The van der Waals surface area contributed by atoms with E-state index in [0.29, 0.717) is 11.3 Å². The predicted octanol–water partition coefficient (Wildman–Crippen LogP) is 3.25. The number of carbonyl (C=O) groups excluding carboxylic acids is 1. The van der Waals surface area contributed by atoms with Crippen LogP contribution in [-0.2, 0) is 5.72 Å². The lowest BCUT2D eigenvalue weighted by Gasteiger charge is -2.39. The second-order valence-corrected chi connectivity index (χ2v) is 5.32. The molecule has 2 heterocycles.